The standard InChI is InChI=1S/C18H19F2NO3/c19-14-3-1-2-10(15(14)20)11-8-12(11)16(22)21-6-4-18(5-7-21)9-13(18)17(23)24/h1-3,11-13H,4-9H2,(H,23,24). The Morgan fingerprint density at radius 2 is 1.92 bits per heavy atom. The Morgan fingerprint density at radius 3 is 2.54 bits per heavy atom. The predicted octanol–water partition coefficient (Wildman–Crippen LogP) is 2.78. The number of aliphatic carboxylic acids is 1. The summed E-state index contributed by atoms with van der Waals surface area (Å²) in [7, 11) is 0. The molecular formula is C18H19F2NO3. The maximum absolute atomic E-state index is 13.8. The summed E-state index contributed by atoms with van der Waals surface area (Å²) in [6, 6.07) is 4.09. The van der Waals surface area contributed by atoms with Gasteiger partial charge >= 0.3 is 5.97 Å². The number of piperidine rings is 1. The third kappa shape index (κ3) is 2.39. The first-order valence-electron chi connectivity index (χ1n) is 8.38. The van der Waals surface area contributed by atoms with Gasteiger partial charge in [0.2, 0.25) is 5.91 Å². The van der Waals surface area contributed by atoms with Crippen LogP contribution in [0.2, 0.25) is 0 Å². The van der Waals surface area contributed by atoms with Crippen molar-refractivity contribution >= 4 is 11.9 Å². The number of carbonyl (C=O) groups is 2. The highest BCUT2D eigenvalue weighted by molar-refractivity contribution is 5.83. The Morgan fingerprint density at radius 1 is 1.21 bits per heavy atom. The molecule has 128 valence electrons. The molecule has 2 aliphatic carbocycles. The number of nitrogens with zero attached hydrogens (tertiary/aromatic N) is 1. The molecule has 0 bridgehead atoms. The molecule has 3 atom stereocenters. The fraction of sp³-hybridized carbons (Fsp3) is 0.556. The van der Waals surface area contributed by atoms with E-state index in [1.165, 1.54) is 6.07 Å². The third-order valence-corrected chi connectivity index (χ3v) is 6.05. The molecule has 1 heterocycles. The zero-order chi connectivity index (χ0) is 17.1. The molecule has 0 aromatic heterocycles. The van der Waals surface area contributed by atoms with Crippen LogP contribution in [0.1, 0.15) is 37.2 Å². The summed E-state index contributed by atoms with van der Waals surface area (Å²) in [6.07, 6.45) is 2.71. The largest absolute Gasteiger partial charge is 0.481 e. The van der Waals surface area contributed by atoms with Crippen molar-refractivity contribution in [2.45, 2.75) is 31.6 Å². The molecule has 1 saturated heterocycles. The van der Waals surface area contributed by atoms with Gasteiger partial charge in [-0.25, -0.2) is 8.78 Å². The molecular weight excluding hydrogens is 316 g/mol. The van der Waals surface area contributed by atoms with E-state index in [4.69, 9.17) is 5.11 Å². The van der Waals surface area contributed by atoms with Gasteiger partial charge in [-0.15, -0.1) is 0 Å². The van der Waals surface area contributed by atoms with Crippen molar-refractivity contribution in [3.05, 3.63) is 35.4 Å². The summed E-state index contributed by atoms with van der Waals surface area (Å²) >= 11 is 0. The van der Waals surface area contributed by atoms with Crippen LogP contribution in [0, 0.1) is 28.9 Å². The molecule has 1 aliphatic heterocycles. The Bertz CT molecular complexity index is 712. The van der Waals surface area contributed by atoms with Gasteiger partial charge < -0.3 is 10.0 Å². The van der Waals surface area contributed by atoms with E-state index in [2.05, 4.69) is 0 Å². The van der Waals surface area contributed by atoms with Crippen LogP contribution in [-0.4, -0.2) is 35.0 Å². The van der Waals surface area contributed by atoms with Gasteiger partial charge in [-0.2, -0.15) is 0 Å². The van der Waals surface area contributed by atoms with Gasteiger partial charge in [0.05, 0.1) is 5.92 Å². The second kappa shape index (κ2) is 5.26. The molecule has 4 nitrogen and oxygen atoms in total. The van der Waals surface area contributed by atoms with Gasteiger partial charge in [-0.1, -0.05) is 12.1 Å². The first-order chi connectivity index (χ1) is 11.4. The molecule has 3 unspecified atom stereocenters. The highest BCUT2D eigenvalue weighted by atomic mass is 19.2. The van der Waals surface area contributed by atoms with Gasteiger partial charge in [0.25, 0.3) is 0 Å². The van der Waals surface area contributed by atoms with E-state index in [0.717, 1.165) is 18.9 Å². The molecule has 4 rings (SSSR count). The van der Waals surface area contributed by atoms with Crippen molar-refractivity contribution in [2.75, 3.05) is 13.1 Å². The van der Waals surface area contributed by atoms with E-state index in [1.54, 1.807) is 11.0 Å². The average Bonchev–Trinajstić information content (AvgIpc) is 3.46. The van der Waals surface area contributed by atoms with Crippen LogP contribution < -0.4 is 0 Å². The van der Waals surface area contributed by atoms with E-state index in [9.17, 15) is 18.4 Å². The molecule has 2 saturated carbocycles. The van der Waals surface area contributed by atoms with E-state index in [1.807, 2.05) is 0 Å². The molecule has 1 spiro atoms. The van der Waals surface area contributed by atoms with Crippen LogP contribution in [0.25, 0.3) is 0 Å². The van der Waals surface area contributed by atoms with E-state index in [-0.39, 0.29) is 34.6 Å². The molecule has 1 N–H and O–H groups in total. The quantitative estimate of drug-likeness (QED) is 0.924. The SMILES string of the molecule is O=C(O)C1CC12CCN(C(=O)C1CC1c1cccc(F)c1F)CC2. The number of hydrogen-bond acceptors (Lipinski definition) is 2. The van der Waals surface area contributed by atoms with Crippen molar-refractivity contribution < 1.29 is 23.5 Å². The molecule has 6 heteroatoms. The molecule has 24 heavy (non-hydrogen) atoms. The number of hydrogen-bond donors (Lipinski definition) is 1. The molecule has 0 radical (unpaired) electrons. The second-order valence-corrected chi connectivity index (χ2v) is 7.37. The molecule has 1 aromatic carbocycles. The van der Waals surface area contributed by atoms with Crippen LogP contribution in [0.3, 0.4) is 0 Å². The summed E-state index contributed by atoms with van der Waals surface area (Å²) in [5.74, 6) is -3.24. The highest BCUT2D eigenvalue weighted by Gasteiger charge is 2.59. The van der Waals surface area contributed by atoms with Crippen LogP contribution in [0.5, 0.6) is 0 Å². The second-order valence-electron chi connectivity index (χ2n) is 7.37. The van der Waals surface area contributed by atoms with E-state index < -0.39 is 17.6 Å². The van der Waals surface area contributed by atoms with Gasteiger partial charge in [0.1, 0.15) is 0 Å². The monoisotopic (exact) mass is 335 g/mol. The zero-order valence-electron chi connectivity index (χ0n) is 13.2. The Hall–Kier alpha value is -1.98. The lowest BCUT2D eigenvalue weighted by molar-refractivity contribution is -0.140. The van der Waals surface area contributed by atoms with Crippen LogP contribution in [-0.2, 0) is 9.59 Å². The maximum atomic E-state index is 13.8. The van der Waals surface area contributed by atoms with E-state index >= 15 is 0 Å². The van der Waals surface area contributed by atoms with Gasteiger partial charge in [-0.05, 0) is 48.6 Å². The summed E-state index contributed by atoms with van der Waals surface area (Å²) in [5.41, 5.74) is 0.176. The Balaban J connectivity index is 1.37. The third-order valence-electron chi connectivity index (χ3n) is 6.05. The number of carboxylic acids is 1. The minimum atomic E-state index is -0.876. The molecule has 3 aliphatic rings. The number of likely N-dealkylation sites (tertiary alicyclic amines) is 1. The molecule has 1 aromatic rings. The van der Waals surface area contributed by atoms with Crippen LogP contribution >= 0.6 is 0 Å². The maximum Gasteiger partial charge on any atom is 0.307 e. The first kappa shape index (κ1) is 15.5. The summed E-state index contributed by atoms with van der Waals surface area (Å²) in [4.78, 5) is 25.4. The minimum absolute atomic E-state index is 0.00830. The number of benzene rings is 1. The highest BCUT2D eigenvalue weighted by Crippen LogP contribution is 2.60. The fourth-order valence-electron chi connectivity index (χ4n) is 4.27. The predicted molar refractivity (Wildman–Crippen MR) is 81.2 cm³/mol. The lowest BCUT2D eigenvalue weighted by Crippen LogP contribution is -2.41. The summed E-state index contributed by atoms with van der Waals surface area (Å²) < 4.78 is 27.2. The minimum Gasteiger partial charge on any atom is -0.481 e. The number of amides is 1. The van der Waals surface area contributed by atoms with Crippen molar-refractivity contribution in [1.82, 2.24) is 4.90 Å². The van der Waals surface area contributed by atoms with Gasteiger partial charge in [0.15, 0.2) is 11.6 Å². The first-order valence-corrected chi connectivity index (χ1v) is 8.38. The van der Waals surface area contributed by atoms with Crippen LogP contribution in [0.15, 0.2) is 18.2 Å². The zero-order valence-corrected chi connectivity index (χ0v) is 13.2. The van der Waals surface area contributed by atoms with Crippen molar-refractivity contribution in [3.63, 3.8) is 0 Å². The van der Waals surface area contributed by atoms with Crippen molar-refractivity contribution in [3.8, 4) is 0 Å². The summed E-state index contributed by atoms with van der Waals surface area (Å²) in [5, 5.41) is 9.11. The lowest BCUT2D eigenvalue weighted by atomic mass is 9.90. The topological polar surface area (TPSA) is 57.6 Å². The summed E-state index contributed by atoms with van der Waals surface area (Å²) in [6.45, 7) is 1.13. The average molecular weight is 335 g/mol. The van der Waals surface area contributed by atoms with Crippen LogP contribution in [0.4, 0.5) is 8.78 Å². The van der Waals surface area contributed by atoms with Gasteiger partial charge in [-0.3, -0.25) is 9.59 Å². The number of halogens is 2. The van der Waals surface area contributed by atoms with E-state index in [0.29, 0.717) is 25.9 Å². The smallest absolute Gasteiger partial charge is 0.307 e. The molecule has 3 fully saturated rings. The lowest BCUT2D eigenvalue weighted by Gasteiger charge is -2.33. The molecule has 1 amide bonds. The number of carbonyl (C=O) groups excluding carboxylic acids is 1. The Labute approximate surface area is 138 Å². The van der Waals surface area contributed by atoms with Crippen molar-refractivity contribution in [2.24, 2.45) is 17.3 Å². The number of carboxylic acid groups (broad SMARTS) is 1. The fourth-order valence-corrected chi connectivity index (χ4v) is 4.27. The normalized spacial score (nSPS) is 30.2. The van der Waals surface area contributed by atoms with Gasteiger partial charge in [0, 0.05) is 19.0 Å². The Kier molecular flexibility index (Phi) is 3.41. The van der Waals surface area contributed by atoms with Crippen molar-refractivity contribution in [1.29, 1.82) is 0 Å². The number of rotatable bonds is 3.